The Kier molecular flexibility index (Phi) is 3.79. The Hall–Kier alpha value is -1.35. The van der Waals surface area contributed by atoms with E-state index in [0.717, 1.165) is 23.7 Å². The number of rotatable bonds is 6. The molecule has 0 unspecified atom stereocenters. The molecule has 3 nitrogen and oxygen atoms in total. The van der Waals surface area contributed by atoms with E-state index in [1.165, 1.54) is 24.8 Å². The van der Waals surface area contributed by atoms with Crippen molar-refractivity contribution in [1.29, 1.82) is 5.41 Å². The van der Waals surface area contributed by atoms with E-state index < -0.39 is 0 Å². The van der Waals surface area contributed by atoms with Gasteiger partial charge in [-0.25, -0.2) is 0 Å². The van der Waals surface area contributed by atoms with Crippen molar-refractivity contribution in [3.63, 3.8) is 0 Å². The van der Waals surface area contributed by atoms with Gasteiger partial charge in [0.15, 0.2) is 0 Å². The first kappa shape index (κ1) is 12.1. The van der Waals surface area contributed by atoms with E-state index in [1.807, 2.05) is 25.1 Å². The van der Waals surface area contributed by atoms with Crippen molar-refractivity contribution in [3.8, 4) is 0 Å². The van der Waals surface area contributed by atoms with Crippen LogP contribution in [0.2, 0.25) is 0 Å². The summed E-state index contributed by atoms with van der Waals surface area (Å²) in [7, 11) is 0. The predicted molar refractivity (Wildman–Crippen MR) is 69.2 cm³/mol. The van der Waals surface area contributed by atoms with Gasteiger partial charge in [0.25, 0.3) is 0 Å². The molecule has 0 atom stereocenters. The first-order valence-electron chi connectivity index (χ1n) is 6.18. The highest BCUT2D eigenvalue weighted by Gasteiger charge is 2.20. The lowest BCUT2D eigenvalue weighted by atomic mass is 10.1. The van der Waals surface area contributed by atoms with Gasteiger partial charge in [-0.15, -0.1) is 0 Å². The van der Waals surface area contributed by atoms with Crippen molar-refractivity contribution < 1.29 is 4.74 Å². The third-order valence-electron chi connectivity index (χ3n) is 3.28. The third kappa shape index (κ3) is 3.56. The molecule has 0 bridgehead atoms. The fourth-order valence-corrected chi connectivity index (χ4v) is 1.86. The third-order valence-corrected chi connectivity index (χ3v) is 3.28. The van der Waals surface area contributed by atoms with Crippen molar-refractivity contribution in [2.75, 3.05) is 6.61 Å². The molecule has 2 rings (SSSR count). The van der Waals surface area contributed by atoms with Crippen molar-refractivity contribution in [2.24, 2.45) is 11.7 Å². The molecule has 0 radical (unpaired) electrons. The Bertz CT molecular complexity index is 411. The number of nitrogens with one attached hydrogen (secondary N) is 1. The van der Waals surface area contributed by atoms with Crippen LogP contribution in [0.5, 0.6) is 0 Å². The molecule has 92 valence electrons. The summed E-state index contributed by atoms with van der Waals surface area (Å²) in [6.45, 7) is 3.56. The minimum Gasteiger partial charge on any atom is -0.384 e. The van der Waals surface area contributed by atoms with E-state index in [1.54, 1.807) is 0 Å². The highest BCUT2D eigenvalue weighted by atomic mass is 16.5. The van der Waals surface area contributed by atoms with E-state index in [9.17, 15) is 0 Å². The monoisotopic (exact) mass is 232 g/mol. The van der Waals surface area contributed by atoms with Crippen LogP contribution in [0.25, 0.3) is 0 Å². The quantitative estimate of drug-likeness (QED) is 0.450. The van der Waals surface area contributed by atoms with E-state index >= 15 is 0 Å². The molecule has 17 heavy (non-hydrogen) atoms. The second kappa shape index (κ2) is 5.32. The minimum atomic E-state index is 0.120. The summed E-state index contributed by atoms with van der Waals surface area (Å²) >= 11 is 0. The van der Waals surface area contributed by atoms with Gasteiger partial charge in [0.05, 0.1) is 6.61 Å². The Labute approximate surface area is 102 Å². The fraction of sp³-hybridized carbons (Fsp3) is 0.500. The summed E-state index contributed by atoms with van der Waals surface area (Å²) in [5.74, 6) is 1.05. The van der Waals surface area contributed by atoms with E-state index in [4.69, 9.17) is 15.9 Å². The van der Waals surface area contributed by atoms with Crippen LogP contribution in [0.1, 0.15) is 36.0 Å². The van der Waals surface area contributed by atoms with Gasteiger partial charge >= 0.3 is 0 Å². The number of ether oxygens (including phenoxy) is 1. The first-order valence-corrected chi connectivity index (χ1v) is 6.18. The summed E-state index contributed by atoms with van der Waals surface area (Å²) in [6.07, 6.45) is 3.97. The lowest BCUT2D eigenvalue weighted by Crippen LogP contribution is -2.11. The summed E-state index contributed by atoms with van der Waals surface area (Å²) < 4.78 is 5.67. The number of aryl methyl sites for hydroxylation is 1. The van der Waals surface area contributed by atoms with Crippen molar-refractivity contribution in [3.05, 3.63) is 34.9 Å². The van der Waals surface area contributed by atoms with Crippen LogP contribution in [0.3, 0.4) is 0 Å². The fourth-order valence-electron chi connectivity index (χ4n) is 1.86. The molecule has 0 spiro atoms. The van der Waals surface area contributed by atoms with Crippen LogP contribution in [0.4, 0.5) is 0 Å². The van der Waals surface area contributed by atoms with Crippen LogP contribution in [0.15, 0.2) is 18.2 Å². The molecule has 1 aromatic rings. The van der Waals surface area contributed by atoms with Gasteiger partial charge in [-0.2, -0.15) is 0 Å². The second-order valence-electron chi connectivity index (χ2n) is 4.84. The summed E-state index contributed by atoms with van der Waals surface area (Å²) in [5, 5.41) is 7.37. The molecule has 3 N–H and O–H groups in total. The molecule has 1 fully saturated rings. The molecular weight excluding hydrogens is 212 g/mol. The highest BCUT2D eigenvalue weighted by molar-refractivity contribution is 5.95. The molecule has 0 aliphatic heterocycles. The number of hydrogen-bond donors (Lipinski definition) is 2. The van der Waals surface area contributed by atoms with Gasteiger partial charge in [0.2, 0.25) is 0 Å². The standard InChI is InChI=1S/C14H20N2O/c1-10-8-12(14(15)16)4-5-13(10)9-17-7-6-11-2-3-11/h4-5,8,11H,2-3,6-7,9H2,1H3,(H3,15,16). The zero-order valence-corrected chi connectivity index (χ0v) is 10.3. The lowest BCUT2D eigenvalue weighted by Gasteiger charge is -2.08. The number of hydrogen-bond acceptors (Lipinski definition) is 2. The molecule has 1 saturated carbocycles. The molecule has 0 amide bonds. The van der Waals surface area contributed by atoms with E-state index in [0.29, 0.717) is 6.61 Å². The molecule has 0 saturated heterocycles. The van der Waals surface area contributed by atoms with Gasteiger partial charge in [-0.1, -0.05) is 25.0 Å². The molecule has 3 heteroatoms. The molecular formula is C14H20N2O. The number of amidine groups is 1. The van der Waals surface area contributed by atoms with Crippen LogP contribution < -0.4 is 5.73 Å². The zero-order valence-electron chi connectivity index (χ0n) is 10.3. The molecule has 1 aliphatic carbocycles. The maximum atomic E-state index is 7.37. The Morgan fingerprint density at radius 2 is 2.24 bits per heavy atom. The molecule has 1 aliphatic rings. The second-order valence-corrected chi connectivity index (χ2v) is 4.84. The largest absolute Gasteiger partial charge is 0.384 e. The highest BCUT2D eigenvalue weighted by Crippen LogP contribution is 2.32. The topological polar surface area (TPSA) is 59.1 Å². The van der Waals surface area contributed by atoms with Crippen LogP contribution in [-0.4, -0.2) is 12.4 Å². The van der Waals surface area contributed by atoms with Crippen LogP contribution in [0, 0.1) is 18.3 Å². The molecule has 0 heterocycles. The predicted octanol–water partition coefficient (Wildman–Crippen LogP) is 2.60. The van der Waals surface area contributed by atoms with Gasteiger partial charge in [-0.05, 0) is 36.5 Å². The smallest absolute Gasteiger partial charge is 0.122 e. The lowest BCUT2D eigenvalue weighted by molar-refractivity contribution is 0.114. The van der Waals surface area contributed by atoms with Gasteiger partial charge in [0.1, 0.15) is 5.84 Å². The van der Waals surface area contributed by atoms with E-state index in [2.05, 4.69) is 0 Å². The SMILES string of the molecule is Cc1cc(C(=N)N)ccc1COCCC1CC1. The number of nitrogens with two attached hydrogens (primary N) is 1. The number of benzene rings is 1. The Balaban J connectivity index is 1.84. The summed E-state index contributed by atoms with van der Waals surface area (Å²) in [4.78, 5) is 0. The maximum Gasteiger partial charge on any atom is 0.122 e. The average molecular weight is 232 g/mol. The molecule has 0 aromatic heterocycles. The molecule has 1 aromatic carbocycles. The summed E-state index contributed by atoms with van der Waals surface area (Å²) in [5.41, 5.74) is 8.56. The maximum absolute atomic E-state index is 7.37. The van der Waals surface area contributed by atoms with Crippen molar-refractivity contribution in [2.45, 2.75) is 32.8 Å². The zero-order chi connectivity index (χ0) is 12.3. The van der Waals surface area contributed by atoms with Crippen molar-refractivity contribution in [1.82, 2.24) is 0 Å². The van der Waals surface area contributed by atoms with Gasteiger partial charge in [0, 0.05) is 12.2 Å². The van der Waals surface area contributed by atoms with Gasteiger partial charge < -0.3 is 10.5 Å². The first-order chi connectivity index (χ1) is 8.16. The number of nitrogen functional groups attached to an aromatic ring is 1. The van der Waals surface area contributed by atoms with Crippen molar-refractivity contribution >= 4 is 5.84 Å². The van der Waals surface area contributed by atoms with Crippen LogP contribution in [-0.2, 0) is 11.3 Å². The average Bonchev–Trinajstić information content (AvgIpc) is 3.09. The minimum absolute atomic E-state index is 0.120. The summed E-state index contributed by atoms with van der Waals surface area (Å²) in [6, 6.07) is 5.83. The normalized spacial score (nSPS) is 14.9. The van der Waals surface area contributed by atoms with Gasteiger partial charge in [-0.3, -0.25) is 5.41 Å². The Morgan fingerprint density at radius 1 is 1.47 bits per heavy atom. The van der Waals surface area contributed by atoms with Crippen LogP contribution >= 0.6 is 0 Å². The van der Waals surface area contributed by atoms with E-state index in [-0.39, 0.29) is 5.84 Å². The Morgan fingerprint density at radius 3 is 2.82 bits per heavy atom.